The standard InChI is InChI=1S/C14H19N3OS/c1-10(2)18-14-12(5-4-6-16-14)7-15-8-13-17-11(3)9-19-13/h4-6,9-10,15H,7-8H2,1-3H3. The number of aromatic nitrogens is 2. The fourth-order valence-electron chi connectivity index (χ4n) is 1.68. The molecule has 0 radical (unpaired) electrons. The molecule has 4 nitrogen and oxygen atoms in total. The Morgan fingerprint density at radius 1 is 1.37 bits per heavy atom. The molecular formula is C14H19N3OS. The minimum atomic E-state index is 0.135. The molecule has 0 saturated heterocycles. The van der Waals surface area contributed by atoms with Crippen LogP contribution in [0.5, 0.6) is 5.88 Å². The second kappa shape index (κ2) is 6.63. The maximum Gasteiger partial charge on any atom is 0.218 e. The lowest BCUT2D eigenvalue weighted by atomic mass is 10.2. The molecule has 0 aliphatic carbocycles. The monoisotopic (exact) mass is 277 g/mol. The highest BCUT2D eigenvalue weighted by Gasteiger charge is 2.06. The van der Waals surface area contributed by atoms with E-state index in [9.17, 15) is 0 Å². The van der Waals surface area contributed by atoms with Gasteiger partial charge in [0.15, 0.2) is 0 Å². The highest BCUT2D eigenvalue weighted by atomic mass is 32.1. The molecule has 2 aromatic heterocycles. The Hall–Kier alpha value is -1.46. The van der Waals surface area contributed by atoms with E-state index in [1.54, 1.807) is 17.5 Å². The molecule has 0 aliphatic rings. The average molecular weight is 277 g/mol. The number of nitrogens with one attached hydrogen (secondary N) is 1. The van der Waals surface area contributed by atoms with Crippen LogP contribution >= 0.6 is 11.3 Å². The van der Waals surface area contributed by atoms with Crippen molar-refractivity contribution in [3.8, 4) is 5.88 Å². The van der Waals surface area contributed by atoms with Crippen LogP contribution in [-0.4, -0.2) is 16.1 Å². The molecular weight excluding hydrogens is 258 g/mol. The second-order valence-electron chi connectivity index (χ2n) is 4.62. The molecule has 0 fully saturated rings. The van der Waals surface area contributed by atoms with E-state index in [1.807, 2.05) is 32.9 Å². The van der Waals surface area contributed by atoms with Crippen molar-refractivity contribution in [3.05, 3.63) is 40.0 Å². The summed E-state index contributed by atoms with van der Waals surface area (Å²) in [6.45, 7) is 7.52. The number of aryl methyl sites for hydroxylation is 1. The summed E-state index contributed by atoms with van der Waals surface area (Å²) in [5.74, 6) is 0.709. The van der Waals surface area contributed by atoms with Gasteiger partial charge in [-0.1, -0.05) is 6.07 Å². The summed E-state index contributed by atoms with van der Waals surface area (Å²) in [7, 11) is 0. The van der Waals surface area contributed by atoms with Gasteiger partial charge in [-0.15, -0.1) is 11.3 Å². The number of rotatable bonds is 6. The van der Waals surface area contributed by atoms with Gasteiger partial charge in [0.1, 0.15) is 5.01 Å². The van der Waals surface area contributed by atoms with Crippen LogP contribution in [-0.2, 0) is 13.1 Å². The predicted molar refractivity (Wildman–Crippen MR) is 77.4 cm³/mol. The SMILES string of the molecule is Cc1csc(CNCc2cccnc2OC(C)C)n1. The van der Waals surface area contributed by atoms with Crippen LogP contribution in [0.15, 0.2) is 23.7 Å². The maximum atomic E-state index is 5.69. The van der Waals surface area contributed by atoms with Crippen LogP contribution in [0.25, 0.3) is 0 Å². The van der Waals surface area contributed by atoms with Crippen molar-refractivity contribution >= 4 is 11.3 Å². The predicted octanol–water partition coefficient (Wildman–Crippen LogP) is 2.92. The zero-order valence-corrected chi connectivity index (χ0v) is 12.3. The Labute approximate surface area is 117 Å². The van der Waals surface area contributed by atoms with Gasteiger partial charge in [0.25, 0.3) is 0 Å². The quantitative estimate of drug-likeness (QED) is 0.882. The number of hydrogen-bond donors (Lipinski definition) is 1. The van der Waals surface area contributed by atoms with E-state index in [1.165, 1.54) is 0 Å². The van der Waals surface area contributed by atoms with Crippen LogP contribution in [0.2, 0.25) is 0 Å². The first-order chi connectivity index (χ1) is 9.15. The third-order valence-corrected chi connectivity index (χ3v) is 3.42. The van der Waals surface area contributed by atoms with Gasteiger partial charge in [-0.3, -0.25) is 0 Å². The zero-order chi connectivity index (χ0) is 13.7. The Morgan fingerprint density at radius 2 is 2.21 bits per heavy atom. The van der Waals surface area contributed by atoms with Crippen molar-refractivity contribution in [3.63, 3.8) is 0 Å². The Bertz CT molecular complexity index is 525. The number of hydrogen-bond acceptors (Lipinski definition) is 5. The number of thiazole rings is 1. The fourth-order valence-corrected chi connectivity index (χ4v) is 2.42. The number of ether oxygens (including phenoxy) is 1. The lowest BCUT2D eigenvalue weighted by Gasteiger charge is -2.12. The third-order valence-electron chi connectivity index (χ3n) is 2.46. The second-order valence-corrected chi connectivity index (χ2v) is 5.56. The Kier molecular flexibility index (Phi) is 4.87. The summed E-state index contributed by atoms with van der Waals surface area (Å²) in [5.41, 5.74) is 2.15. The van der Waals surface area contributed by atoms with E-state index in [2.05, 4.69) is 20.7 Å². The summed E-state index contributed by atoms with van der Waals surface area (Å²) in [4.78, 5) is 8.70. The highest BCUT2D eigenvalue weighted by Crippen LogP contribution is 2.16. The normalized spacial score (nSPS) is 10.9. The molecule has 0 amide bonds. The van der Waals surface area contributed by atoms with E-state index in [4.69, 9.17) is 4.74 Å². The van der Waals surface area contributed by atoms with E-state index >= 15 is 0 Å². The molecule has 0 unspecified atom stereocenters. The third kappa shape index (κ3) is 4.29. The van der Waals surface area contributed by atoms with Crippen molar-refractivity contribution in [2.24, 2.45) is 0 Å². The van der Waals surface area contributed by atoms with Crippen LogP contribution in [0, 0.1) is 6.92 Å². The molecule has 2 heterocycles. The summed E-state index contributed by atoms with van der Waals surface area (Å²) in [6, 6.07) is 3.96. The van der Waals surface area contributed by atoms with Crippen molar-refractivity contribution < 1.29 is 4.74 Å². The lowest BCUT2D eigenvalue weighted by Crippen LogP contribution is -2.15. The summed E-state index contributed by atoms with van der Waals surface area (Å²) >= 11 is 1.68. The van der Waals surface area contributed by atoms with Crippen LogP contribution in [0.3, 0.4) is 0 Å². The molecule has 0 atom stereocenters. The highest BCUT2D eigenvalue weighted by molar-refractivity contribution is 7.09. The average Bonchev–Trinajstić information content (AvgIpc) is 2.77. The van der Waals surface area contributed by atoms with Crippen LogP contribution < -0.4 is 10.1 Å². The van der Waals surface area contributed by atoms with Crippen LogP contribution in [0.1, 0.15) is 30.1 Å². The molecule has 2 rings (SSSR count). The Morgan fingerprint density at radius 3 is 2.89 bits per heavy atom. The van der Waals surface area contributed by atoms with Crippen molar-refractivity contribution in [2.75, 3.05) is 0 Å². The largest absolute Gasteiger partial charge is 0.475 e. The molecule has 0 saturated carbocycles. The van der Waals surface area contributed by atoms with Crippen molar-refractivity contribution in [1.29, 1.82) is 0 Å². The van der Waals surface area contributed by atoms with Gasteiger partial charge < -0.3 is 10.1 Å². The number of nitrogens with zero attached hydrogens (tertiary/aromatic N) is 2. The van der Waals surface area contributed by atoms with Gasteiger partial charge in [0, 0.05) is 35.9 Å². The van der Waals surface area contributed by atoms with Crippen molar-refractivity contribution in [2.45, 2.75) is 40.0 Å². The molecule has 1 N–H and O–H groups in total. The fraction of sp³-hybridized carbons (Fsp3) is 0.429. The summed E-state index contributed by atoms with van der Waals surface area (Å²) in [6.07, 6.45) is 1.89. The van der Waals surface area contributed by atoms with Crippen LogP contribution in [0.4, 0.5) is 0 Å². The minimum Gasteiger partial charge on any atom is -0.475 e. The topological polar surface area (TPSA) is 47.0 Å². The van der Waals surface area contributed by atoms with E-state index in [0.717, 1.165) is 29.4 Å². The molecule has 0 aromatic carbocycles. The van der Waals surface area contributed by atoms with Gasteiger partial charge in [-0.2, -0.15) is 0 Å². The van der Waals surface area contributed by atoms with Gasteiger partial charge in [0.05, 0.1) is 6.10 Å². The van der Waals surface area contributed by atoms with Crippen molar-refractivity contribution in [1.82, 2.24) is 15.3 Å². The maximum absolute atomic E-state index is 5.69. The summed E-state index contributed by atoms with van der Waals surface area (Å²) < 4.78 is 5.69. The first kappa shape index (κ1) is 14.0. The molecule has 0 aliphatic heterocycles. The van der Waals surface area contributed by atoms with Gasteiger partial charge >= 0.3 is 0 Å². The van der Waals surface area contributed by atoms with Gasteiger partial charge in [-0.25, -0.2) is 9.97 Å². The zero-order valence-electron chi connectivity index (χ0n) is 11.5. The minimum absolute atomic E-state index is 0.135. The Balaban J connectivity index is 1.92. The molecule has 2 aromatic rings. The first-order valence-corrected chi connectivity index (χ1v) is 7.25. The molecule has 0 bridgehead atoms. The molecule has 19 heavy (non-hydrogen) atoms. The van der Waals surface area contributed by atoms with Gasteiger partial charge in [0.2, 0.25) is 5.88 Å². The lowest BCUT2D eigenvalue weighted by molar-refractivity contribution is 0.229. The first-order valence-electron chi connectivity index (χ1n) is 6.37. The van der Waals surface area contributed by atoms with E-state index < -0.39 is 0 Å². The molecule has 5 heteroatoms. The molecule has 0 spiro atoms. The van der Waals surface area contributed by atoms with Gasteiger partial charge in [-0.05, 0) is 26.8 Å². The van der Waals surface area contributed by atoms with E-state index in [0.29, 0.717) is 5.88 Å². The van der Waals surface area contributed by atoms with E-state index in [-0.39, 0.29) is 6.10 Å². The summed E-state index contributed by atoms with van der Waals surface area (Å²) in [5, 5.41) is 6.54. The molecule has 102 valence electrons. The smallest absolute Gasteiger partial charge is 0.218 e. The number of pyridine rings is 1.